The molecule has 0 saturated carbocycles. The second kappa shape index (κ2) is 13.9. The molecule has 0 spiro atoms. The molecule has 1 N–H and O–H groups in total. The topological polar surface area (TPSA) is 38.7 Å². The van der Waals surface area contributed by atoms with Gasteiger partial charge in [-0.25, -0.2) is 0 Å². The molecule has 0 aliphatic carbocycles. The predicted molar refractivity (Wildman–Crippen MR) is 71.3 cm³/mol. The van der Waals surface area contributed by atoms with Gasteiger partial charge in [-0.15, -0.1) is 0 Å². The van der Waals surface area contributed by atoms with E-state index < -0.39 is 0 Å². The largest absolute Gasteiger partial charge is 0.394 e. The molecule has 0 aromatic heterocycles. The van der Waals surface area contributed by atoms with Crippen LogP contribution >= 0.6 is 0 Å². The standard InChI is InChI=1S/C14H30O3/c1-3-4-5-6-7-8-9-10-11-17-13-14(12-15)16-2/h14-15H,3-13H2,1-2H3. The van der Waals surface area contributed by atoms with Crippen LogP contribution in [0.4, 0.5) is 0 Å². The van der Waals surface area contributed by atoms with Crippen LogP contribution < -0.4 is 0 Å². The quantitative estimate of drug-likeness (QED) is 0.507. The highest BCUT2D eigenvalue weighted by Gasteiger charge is 2.04. The number of hydrogen-bond donors (Lipinski definition) is 1. The minimum atomic E-state index is -0.163. The molecule has 0 aliphatic rings. The van der Waals surface area contributed by atoms with E-state index in [1.54, 1.807) is 7.11 Å². The van der Waals surface area contributed by atoms with Crippen LogP contribution in [0.2, 0.25) is 0 Å². The van der Waals surface area contributed by atoms with E-state index >= 15 is 0 Å². The van der Waals surface area contributed by atoms with E-state index in [1.165, 1.54) is 44.9 Å². The van der Waals surface area contributed by atoms with Crippen molar-refractivity contribution >= 4 is 0 Å². The number of rotatable bonds is 13. The first kappa shape index (κ1) is 16.9. The predicted octanol–water partition coefficient (Wildman–Crippen LogP) is 3.15. The smallest absolute Gasteiger partial charge is 0.103 e. The molecule has 0 rings (SSSR count). The van der Waals surface area contributed by atoms with Gasteiger partial charge in [0.15, 0.2) is 0 Å². The van der Waals surface area contributed by atoms with Crippen molar-refractivity contribution in [3.63, 3.8) is 0 Å². The van der Waals surface area contributed by atoms with Crippen molar-refractivity contribution in [3.8, 4) is 0 Å². The summed E-state index contributed by atoms with van der Waals surface area (Å²) in [5.41, 5.74) is 0. The summed E-state index contributed by atoms with van der Waals surface area (Å²) < 4.78 is 10.4. The molecule has 3 nitrogen and oxygen atoms in total. The Bertz CT molecular complexity index is 135. The van der Waals surface area contributed by atoms with Gasteiger partial charge < -0.3 is 14.6 Å². The monoisotopic (exact) mass is 246 g/mol. The summed E-state index contributed by atoms with van der Waals surface area (Å²) >= 11 is 0. The summed E-state index contributed by atoms with van der Waals surface area (Å²) in [5.74, 6) is 0. The molecule has 0 aromatic rings. The van der Waals surface area contributed by atoms with Gasteiger partial charge in [-0.1, -0.05) is 51.9 Å². The van der Waals surface area contributed by atoms with E-state index in [0.717, 1.165) is 13.0 Å². The number of methoxy groups -OCH3 is 1. The van der Waals surface area contributed by atoms with Gasteiger partial charge in [-0.3, -0.25) is 0 Å². The first-order valence-electron chi connectivity index (χ1n) is 7.06. The highest BCUT2D eigenvalue weighted by molar-refractivity contribution is 4.52. The Balaban J connectivity index is 3.03. The van der Waals surface area contributed by atoms with E-state index in [4.69, 9.17) is 14.6 Å². The lowest BCUT2D eigenvalue weighted by molar-refractivity contribution is -0.0205. The Morgan fingerprint density at radius 3 is 2.06 bits per heavy atom. The molecule has 0 fully saturated rings. The van der Waals surface area contributed by atoms with Crippen molar-refractivity contribution < 1.29 is 14.6 Å². The minimum Gasteiger partial charge on any atom is -0.394 e. The van der Waals surface area contributed by atoms with E-state index in [1.807, 2.05) is 0 Å². The van der Waals surface area contributed by atoms with Crippen molar-refractivity contribution in [3.05, 3.63) is 0 Å². The normalized spacial score (nSPS) is 12.9. The third-order valence-electron chi connectivity index (χ3n) is 2.98. The maximum Gasteiger partial charge on any atom is 0.103 e. The van der Waals surface area contributed by atoms with E-state index in [-0.39, 0.29) is 12.7 Å². The second-order valence-corrected chi connectivity index (χ2v) is 4.59. The molecule has 0 saturated heterocycles. The molecule has 17 heavy (non-hydrogen) atoms. The van der Waals surface area contributed by atoms with Crippen molar-refractivity contribution in [2.45, 2.75) is 64.4 Å². The molecule has 1 unspecified atom stereocenters. The average Bonchev–Trinajstić information content (AvgIpc) is 2.36. The van der Waals surface area contributed by atoms with Gasteiger partial charge in [-0.2, -0.15) is 0 Å². The zero-order chi connectivity index (χ0) is 12.8. The van der Waals surface area contributed by atoms with Crippen LogP contribution in [0.25, 0.3) is 0 Å². The molecule has 1 atom stereocenters. The lowest BCUT2D eigenvalue weighted by Gasteiger charge is -2.12. The van der Waals surface area contributed by atoms with Gasteiger partial charge >= 0.3 is 0 Å². The van der Waals surface area contributed by atoms with Crippen LogP contribution in [0.5, 0.6) is 0 Å². The van der Waals surface area contributed by atoms with E-state index in [2.05, 4.69) is 6.92 Å². The van der Waals surface area contributed by atoms with Crippen molar-refractivity contribution in [1.82, 2.24) is 0 Å². The second-order valence-electron chi connectivity index (χ2n) is 4.59. The van der Waals surface area contributed by atoms with Crippen LogP contribution in [0.3, 0.4) is 0 Å². The van der Waals surface area contributed by atoms with Crippen molar-refractivity contribution in [1.29, 1.82) is 0 Å². The Morgan fingerprint density at radius 1 is 0.941 bits per heavy atom. The van der Waals surface area contributed by atoms with Gasteiger partial charge in [-0.05, 0) is 6.42 Å². The van der Waals surface area contributed by atoms with Crippen LogP contribution in [-0.2, 0) is 9.47 Å². The summed E-state index contributed by atoms with van der Waals surface area (Å²) in [4.78, 5) is 0. The Morgan fingerprint density at radius 2 is 1.53 bits per heavy atom. The summed E-state index contributed by atoms with van der Waals surface area (Å²) in [6.07, 6.45) is 10.4. The van der Waals surface area contributed by atoms with Crippen molar-refractivity contribution in [2.24, 2.45) is 0 Å². The van der Waals surface area contributed by atoms with Gasteiger partial charge in [0.25, 0.3) is 0 Å². The number of unbranched alkanes of at least 4 members (excludes halogenated alkanes) is 7. The highest BCUT2D eigenvalue weighted by Crippen LogP contribution is 2.08. The number of aliphatic hydroxyl groups excluding tert-OH is 1. The Hall–Kier alpha value is -0.120. The molecule has 0 amide bonds. The van der Waals surface area contributed by atoms with Gasteiger partial charge in [0, 0.05) is 13.7 Å². The van der Waals surface area contributed by atoms with Crippen LogP contribution in [-0.4, -0.2) is 38.1 Å². The molecule has 3 heteroatoms. The molecule has 104 valence electrons. The van der Waals surface area contributed by atoms with Crippen molar-refractivity contribution in [2.75, 3.05) is 26.9 Å². The molecule has 0 aliphatic heterocycles. The zero-order valence-corrected chi connectivity index (χ0v) is 11.6. The van der Waals surface area contributed by atoms with E-state index in [0.29, 0.717) is 6.61 Å². The summed E-state index contributed by atoms with van der Waals surface area (Å²) in [7, 11) is 1.60. The molecule has 0 bridgehead atoms. The molecule has 0 radical (unpaired) electrons. The highest BCUT2D eigenvalue weighted by atomic mass is 16.5. The lowest BCUT2D eigenvalue weighted by Crippen LogP contribution is -2.22. The summed E-state index contributed by atoms with van der Waals surface area (Å²) in [5, 5.41) is 8.86. The fraction of sp³-hybridized carbons (Fsp3) is 1.00. The zero-order valence-electron chi connectivity index (χ0n) is 11.6. The maximum absolute atomic E-state index is 8.86. The summed E-state index contributed by atoms with van der Waals surface area (Å²) in [6, 6.07) is 0. The Kier molecular flexibility index (Phi) is 13.8. The fourth-order valence-electron chi connectivity index (χ4n) is 1.75. The third-order valence-corrected chi connectivity index (χ3v) is 2.98. The van der Waals surface area contributed by atoms with Gasteiger partial charge in [0.05, 0.1) is 13.2 Å². The van der Waals surface area contributed by atoms with Gasteiger partial charge in [0.1, 0.15) is 6.10 Å². The maximum atomic E-state index is 8.86. The summed E-state index contributed by atoms with van der Waals surface area (Å²) in [6.45, 7) is 3.57. The lowest BCUT2D eigenvalue weighted by atomic mass is 10.1. The average molecular weight is 246 g/mol. The molecule has 0 aromatic carbocycles. The van der Waals surface area contributed by atoms with E-state index in [9.17, 15) is 0 Å². The van der Waals surface area contributed by atoms with Crippen LogP contribution in [0, 0.1) is 0 Å². The van der Waals surface area contributed by atoms with Gasteiger partial charge in [0.2, 0.25) is 0 Å². The number of aliphatic hydroxyl groups is 1. The van der Waals surface area contributed by atoms with Crippen LogP contribution in [0.1, 0.15) is 58.3 Å². The van der Waals surface area contributed by atoms with Crippen LogP contribution in [0.15, 0.2) is 0 Å². The molecular weight excluding hydrogens is 216 g/mol. The molecular formula is C14H30O3. The minimum absolute atomic E-state index is 0.0356. The molecule has 0 heterocycles. The SMILES string of the molecule is CCCCCCCCCCOCC(CO)OC. The fourth-order valence-corrected chi connectivity index (χ4v) is 1.75. The first-order chi connectivity index (χ1) is 8.35. The number of hydrogen-bond acceptors (Lipinski definition) is 3. The third kappa shape index (κ3) is 12.1. The number of ether oxygens (including phenoxy) is 2. The first-order valence-corrected chi connectivity index (χ1v) is 7.06. The Labute approximate surface area is 107 Å².